The van der Waals surface area contributed by atoms with Crippen molar-refractivity contribution in [3.8, 4) is 0 Å². The molecule has 0 N–H and O–H groups in total. The van der Waals surface area contributed by atoms with Gasteiger partial charge in [-0.25, -0.2) is 8.51 Å². The van der Waals surface area contributed by atoms with E-state index in [1.807, 2.05) is 18.2 Å². The molecule has 0 bridgehead atoms. The lowest BCUT2D eigenvalue weighted by Crippen LogP contribution is -2.31. The van der Waals surface area contributed by atoms with Crippen molar-refractivity contribution in [2.75, 3.05) is 6.54 Å². The number of fused-ring (bicyclic) bond motifs is 1. The number of hydrogen-bond acceptors (Lipinski definition) is 1. The molecule has 0 radical (unpaired) electrons. The lowest BCUT2D eigenvalue weighted by Gasteiger charge is -2.23. The molecule has 2 unspecified atom stereocenters. The van der Waals surface area contributed by atoms with Gasteiger partial charge in [-0.15, -0.1) is 0 Å². The van der Waals surface area contributed by atoms with Gasteiger partial charge in [0.25, 0.3) is 0 Å². The van der Waals surface area contributed by atoms with Crippen LogP contribution in [0.3, 0.4) is 0 Å². The van der Waals surface area contributed by atoms with E-state index in [0.29, 0.717) is 6.04 Å². The zero-order valence-electron chi connectivity index (χ0n) is 12.6. The van der Waals surface area contributed by atoms with Crippen molar-refractivity contribution in [2.24, 2.45) is 0 Å². The summed E-state index contributed by atoms with van der Waals surface area (Å²) in [4.78, 5) is 0.942. The Bertz CT molecular complexity index is 640. The molecule has 2 aromatic rings. The second-order valence-corrected chi connectivity index (χ2v) is 7.28. The van der Waals surface area contributed by atoms with Gasteiger partial charge in [-0.2, -0.15) is 0 Å². The zero-order valence-corrected chi connectivity index (χ0v) is 13.4. The first-order valence-electron chi connectivity index (χ1n) is 7.97. The van der Waals surface area contributed by atoms with Crippen LogP contribution < -0.4 is 0 Å². The fourth-order valence-electron chi connectivity index (χ4n) is 3.17. The van der Waals surface area contributed by atoms with Crippen LogP contribution in [0.4, 0.5) is 0 Å². The number of unbranched alkanes of at least 4 members (excludes halogenated alkanes) is 1. The lowest BCUT2D eigenvalue weighted by molar-refractivity contribution is 0.384. The maximum atomic E-state index is 12.9. The fourth-order valence-corrected chi connectivity index (χ4v) is 4.63. The highest BCUT2D eigenvalue weighted by molar-refractivity contribution is 7.82. The molecule has 21 heavy (non-hydrogen) atoms. The number of benzene rings is 2. The summed E-state index contributed by atoms with van der Waals surface area (Å²) < 4.78 is 15.1. The average molecular weight is 301 g/mol. The van der Waals surface area contributed by atoms with Gasteiger partial charge in [0.2, 0.25) is 0 Å². The normalized spacial score (nSPS) is 20.9. The van der Waals surface area contributed by atoms with Crippen molar-refractivity contribution in [3.05, 3.63) is 42.5 Å². The second kappa shape index (κ2) is 6.71. The van der Waals surface area contributed by atoms with E-state index in [-0.39, 0.29) is 0 Å². The minimum Gasteiger partial charge on any atom is -0.237 e. The Morgan fingerprint density at radius 1 is 1.19 bits per heavy atom. The Kier molecular flexibility index (Phi) is 4.71. The molecule has 0 amide bonds. The molecule has 0 saturated carbocycles. The van der Waals surface area contributed by atoms with E-state index >= 15 is 0 Å². The molecule has 2 nitrogen and oxygen atoms in total. The van der Waals surface area contributed by atoms with Crippen molar-refractivity contribution >= 4 is 21.8 Å². The van der Waals surface area contributed by atoms with Crippen LogP contribution in [-0.2, 0) is 11.0 Å². The van der Waals surface area contributed by atoms with E-state index in [4.69, 9.17) is 0 Å². The Morgan fingerprint density at radius 2 is 2.00 bits per heavy atom. The van der Waals surface area contributed by atoms with Gasteiger partial charge in [0, 0.05) is 12.6 Å². The summed E-state index contributed by atoms with van der Waals surface area (Å²) >= 11 is 0. The summed E-state index contributed by atoms with van der Waals surface area (Å²) in [5, 5.41) is 2.38. The second-order valence-electron chi connectivity index (χ2n) is 5.84. The van der Waals surface area contributed by atoms with Gasteiger partial charge < -0.3 is 0 Å². The Morgan fingerprint density at radius 3 is 2.81 bits per heavy atom. The molecule has 1 aliphatic rings. The molecular weight excluding hydrogens is 278 g/mol. The first-order valence-corrected chi connectivity index (χ1v) is 9.07. The third-order valence-electron chi connectivity index (χ3n) is 4.35. The lowest BCUT2D eigenvalue weighted by atomic mass is 10.1. The topological polar surface area (TPSA) is 20.3 Å². The van der Waals surface area contributed by atoms with Crippen LogP contribution >= 0.6 is 0 Å². The van der Waals surface area contributed by atoms with E-state index in [9.17, 15) is 4.21 Å². The van der Waals surface area contributed by atoms with Crippen LogP contribution in [0.15, 0.2) is 47.4 Å². The van der Waals surface area contributed by atoms with Gasteiger partial charge in [0.1, 0.15) is 11.0 Å². The van der Waals surface area contributed by atoms with Crippen LogP contribution in [0.25, 0.3) is 10.8 Å². The van der Waals surface area contributed by atoms with Crippen molar-refractivity contribution in [1.82, 2.24) is 4.31 Å². The molecule has 0 aromatic heterocycles. The van der Waals surface area contributed by atoms with E-state index in [1.54, 1.807) is 0 Å². The van der Waals surface area contributed by atoms with Crippen LogP contribution in [0.1, 0.15) is 39.0 Å². The summed E-state index contributed by atoms with van der Waals surface area (Å²) in [6.45, 7) is 3.19. The third-order valence-corrected chi connectivity index (χ3v) is 5.91. The molecule has 1 heterocycles. The summed E-state index contributed by atoms with van der Waals surface area (Å²) in [6, 6.07) is 15.0. The molecule has 1 aliphatic heterocycles. The highest BCUT2D eigenvalue weighted by atomic mass is 32.2. The minimum atomic E-state index is -1.01. The summed E-state index contributed by atoms with van der Waals surface area (Å²) in [5.41, 5.74) is 0. The Balaban J connectivity index is 1.82. The predicted octanol–water partition coefficient (Wildman–Crippen LogP) is 4.52. The highest BCUT2D eigenvalue weighted by Gasteiger charge is 2.29. The standard InChI is InChI=1S/C18H23NOS/c1-2-3-9-17-10-6-13-19(17)21(20)18-12-11-15-7-4-5-8-16(15)14-18/h4-5,7-8,11-12,14,17H,2-3,6,9-10,13H2,1H3. The van der Waals surface area contributed by atoms with Crippen LogP contribution in [0, 0.1) is 0 Å². The third kappa shape index (κ3) is 3.19. The van der Waals surface area contributed by atoms with E-state index in [2.05, 4.69) is 35.5 Å². The van der Waals surface area contributed by atoms with Crippen molar-refractivity contribution in [1.29, 1.82) is 0 Å². The molecule has 3 rings (SSSR count). The van der Waals surface area contributed by atoms with E-state index < -0.39 is 11.0 Å². The molecule has 0 aliphatic carbocycles. The van der Waals surface area contributed by atoms with Crippen LogP contribution in [-0.4, -0.2) is 21.1 Å². The van der Waals surface area contributed by atoms with Gasteiger partial charge in [-0.3, -0.25) is 0 Å². The Labute approximate surface area is 129 Å². The van der Waals surface area contributed by atoms with Crippen LogP contribution in [0.2, 0.25) is 0 Å². The molecule has 2 atom stereocenters. The maximum Gasteiger partial charge on any atom is 0.127 e. The molecular formula is C18H23NOS. The van der Waals surface area contributed by atoms with Crippen molar-refractivity contribution in [3.63, 3.8) is 0 Å². The average Bonchev–Trinajstić information content (AvgIpc) is 3.00. The number of rotatable bonds is 5. The van der Waals surface area contributed by atoms with Crippen LogP contribution in [0.5, 0.6) is 0 Å². The van der Waals surface area contributed by atoms with Gasteiger partial charge in [-0.1, -0.05) is 50.1 Å². The highest BCUT2D eigenvalue weighted by Crippen LogP contribution is 2.27. The monoisotopic (exact) mass is 301 g/mol. The molecule has 1 saturated heterocycles. The SMILES string of the molecule is CCCCC1CCCN1S(=O)c1ccc2ccccc2c1. The van der Waals surface area contributed by atoms with Gasteiger partial charge in [0.15, 0.2) is 0 Å². The maximum absolute atomic E-state index is 12.9. The Hall–Kier alpha value is -1.19. The summed E-state index contributed by atoms with van der Waals surface area (Å²) in [7, 11) is -1.01. The molecule has 1 fully saturated rings. The van der Waals surface area contributed by atoms with Crippen molar-refractivity contribution < 1.29 is 4.21 Å². The fraction of sp³-hybridized carbons (Fsp3) is 0.444. The minimum absolute atomic E-state index is 0.497. The predicted molar refractivity (Wildman–Crippen MR) is 89.6 cm³/mol. The zero-order chi connectivity index (χ0) is 14.7. The largest absolute Gasteiger partial charge is 0.237 e. The molecule has 0 spiro atoms. The molecule has 112 valence electrons. The molecule has 2 aromatic carbocycles. The van der Waals surface area contributed by atoms with Crippen molar-refractivity contribution in [2.45, 2.75) is 50.0 Å². The van der Waals surface area contributed by atoms with Gasteiger partial charge >= 0.3 is 0 Å². The van der Waals surface area contributed by atoms with Gasteiger partial charge in [-0.05, 0) is 42.2 Å². The quantitative estimate of drug-likeness (QED) is 0.795. The smallest absolute Gasteiger partial charge is 0.127 e. The van der Waals surface area contributed by atoms with Gasteiger partial charge in [0.05, 0.1) is 4.90 Å². The number of nitrogens with zero attached hydrogens (tertiary/aromatic N) is 1. The molecule has 3 heteroatoms. The summed E-state index contributed by atoms with van der Waals surface area (Å²) in [6.07, 6.45) is 5.99. The van der Waals surface area contributed by atoms with E-state index in [1.165, 1.54) is 42.9 Å². The first-order chi connectivity index (χ1) is 10.3. The van der Waals surface area contributed by atoms with E-state index in [0.717, 1.165) is 11.4 Å². The number of hydrogen-bond donors (Lipinski definition) is 0. The summed E-state index contributed by atoms with van der Waals surface area (Å²) in [5.74, 6) is 0. The first kappa shape index (κ1) is 14.7.